The molecule has 29 heavy (non-hydrogen) atoms. The van der Waals surface area contributed by atoms with E-state index in [2.05, 4.69) is 5.32 Å². The van der Waals surface area contributed by atoms with Crippen molar-refractivity contribution in [2.24, 2.45) is 0 Å². The molecule has 0 radical (unpaired) electrons. The Morgan fingerprint density at radius 1 is 1.17 bits per heavy atom. The molecule has 0 aliphatic heterocycles. The molecule has 1 atom stereocenters. The summed E-state index contributed by atoms with van der Waals surface area (Å²) in [5, 5.41) is 3.24. The van der Waals surface area contributed by atoms with Crippen LogP contribution < -0.4 is 19.1 Å². The lowest BCUT2D eigenvalue weighted by molar-refractivity contribution is -0.120. The van der Waals surface area contributed by atoms with Crippen LogP contribution in [0.4, 0.5) is 5.69 Å². The molecular formula is C20H25ClN2O5S. The van der Waals surface area contributed by atoms with Crippen LogP contribution in [0.5, 0.6) is 11.5 Å². The van der Waals surface area contributed by atoms with Crippen LogP contribution in [0.3, 0.4) is 0 Å². The van der Waals surface area contributed by atoms with E-state index in [9.17, 15) is 13.2 Å². The molecule has 2 rings (SSSR count). The number of benzene rings is 2. The summed E-state index contributed by atoms with van der Waals surface area (Å²) >= 11 is 6.12. The molecule has 158 valence electrons. The molecule has 0 spiro atoms. The van der Waals surface area contributed by atoms with E-state index in [1.54, 1.807) is 51.3 Å². The Balaban J connectivity index is 2.21. The van der Waals surface area contributed by atoms with Crippen LogP contribution in [-0.2, 0) is 14.8 Å². The van der Waals surface area contributed by atoms with Crippen molar-refractivity contribution in [1.82, 2.24) is 5.32 Å². The molecule has 0 bridgehead atoms. The molecular weight excluding hydrogens is 416 g/mol. The van der Waals surface area contributed by atoms with Crippen molar-refractivity contribution in [2.45, 2.75) is 19.9 Å². The van der Waals surface area contributed by atoms with E-state index < -0.39 is 15.9 Å². The van der Waals surface area contributed by atoms with Crippen LogP contribution in [0.2, 0.25) is 5.02 Å². The van der Waals surface area contributed by atoms with Gasteiger partial charge in [0.05, 0.1) is 32.2 Å². The van der Waals surface area contributed by atoms with Gasteiger partial charge in [-0.2, -0.15) is 0 Å². The summed E-state index contributed by atoms with van der Waals surface area (Å²) in [5.74, 6) is 0.671. The van der Waals surface area contributed by atoms with Crippen molar-refractivity contribution >= 4 is 33.2 Å². The predicted octanol–water partition coefficient (Wildman–Crippen LogP) is 3.31. The van der Waals surface area contributed by atoms with E-state index >= 15 is 0 Å². The number of rotatable bonds is 8. The molecule has 0 saturated heterocycles. The molecule has 1 amide bonds. The molecule has 1 N–H and O–H groups in total. The maximum Gasteiger partial charge on any atom is 0.241 e. The van der Waals surface area contributed by atoms with E-state index in [0.717, 1.165) is 16.1 Å². The van der Waals surface area contributed by atoms with Crippen molar-refractivity contribution in [1.29, 1.82) is 0 Å². The lowest BCUT2D eigenvalue weighted by atomic mass is 10.1. The number of hydrogen-bond donors (Lipinski definition) is 1. The zero-order chi connectivity index (χ0) is 21.8. The minimum absolute atomic E-state index is 0.363. The first kappa shape index (κ1) is 22.8. The van der Waals surface area contributed by atoms with E-state index in [4.69, 9.17) is 21.1 Å². The van der Waals surface area contributed by atoms with E-state index in [0.29, 0.717) is 27.8 Å². The van der Waals surface area contributed by atoms with Crippen LogP contribution in [-0.4, -0.2) is 41.3 Å². The van der Waals surface area contributed by atoms with Gasteiger partial charge in [0.2, 0.25) is 15.9 Å². The summed E-state index contributed by atoms with van der Waals surface area (Å²) in [6.45, 7) is 3.15. The smallest absolute Gasteiger partial charge is 0.241 e. The highest BCUT2D eigenvalue weighted by Gasteiger charge is 2.24. The number of carbonyl (C=O) groups excluding carboxylic acids is 1. The largest absolute Gasteiger partial charge is 0.493 e. The average Bonchev–Trinajstić information content (AvgIpc) is 2.67. The number of carbonyl (C=O) groups is 1. The van der Waals surface area contributed by atoms with E-state index in [-0.39, 0.29) is 12.6 Å². The van der Waals surface area contributed by atoms with Gasteiger partial charge in [-0.1, -0.05) is 23.7 Å². The molecule has 0 saturated carbocycles. The molecule has 0 heterocycles. The number of hydrogen-bond acceptors (Lipinski definition) is 5. The van der Waals surface area contributed by atoms with Crippen molar-refractivity contribution in [3.8, 4) is 11.5 Å². The fourth-order valence-electron chi connectivity index (χ4n) is 2.87. The molecule has 1 unspecified atom stereocenters. The van der Waals surface area contributed by atoms with Gasteiger partial charge in [0.15, 0.2) is 11.5 Å². The minimum atomic E-state index is -3.70. The summed E-state index contributed by atoms with van der Waals surface area (Å²) in [5.41, 5.74) is 1.75. The molecule has 0 aliphatic rings. The average molecular weight is 441 g/mol. The van der Waals surface area contributed by atoms with Gasteiger partial charge in [-0.3, -0.25) is 9.10 Å². The maximum atomic E-state index is 12.6. The lowest BCUT2D eigenvalue weighted by Gasteiger charge is -2.25. The molecule has 0 fully saturated rings. The van der Waals surface area contributed by atoms with Crippen molar-refractivity contribution in [3.05, 3.63) is 52.5 Å². The Labute approximate surface area is 176 Å². The van der Waals surface area contributed by atoms with Crippen LogP contribution in [0, 0.1) is 6.92 Å². The number of amides is 1. The Morgan fingerprint density at radius 2 is 1.83 bits per heavy atom. The third kappa shape index (κ3) is 5.55. The van der Waals surface area contributed by atoms with Crippen LogP contribution in [0.1, 0.15) is 24.1 Å². The van der Waals surface area contributed by atoms with E-state index in [1.807, 2.05) is 6.07 Å². The number of nitrogens with one attached hydrogen (secondary N) is 1. The highest BCUT2D eigenvalue weighted by atomic mass is 35.5. The Kier molecular flexibility index (Phi) is 7.37. The van der Waals surface area contributed by atoms with Gasteiger partial charge in [0, 0.05) is 5.02 Å². The molecule has 9 heteroatoms. The molecule has 0 aliphatic carbocycles. The molecule has 0 aromatic heterocycles. The third-order valence-corrected chi connectivity index (χ3v) is 6.02. The SMILES string of the molecule is COc1ccc(C(C)NC(=O)CN(c2cccc(Cl)c2C)S(C)(=O)=O)cc1OC. The second-order valence-electron chi connectivity index (χ2n) is 6.56. The first-order valence-corrected chi connectivity index (χ1v) is 11.0. The van der Waals surface area contributed by atoms with Crippen LogP contribution >= 0.6 is 11.6 Å². The quantitative estimate of drug-likeness (QED) is 0.680. The summed E-state index contributed by atoms with van der Waals surface area (Å²) < 4.78 is 36.2. The van der Waals surface area contributed by atoms with Crippen LogP contribution in [0.25, 0.3) is 0 Å². The van der Waals surface area contributed by atoms with Gasteiger partial charge < -0.3 is 14.8 Å². The Morgan fingerprint density at radius 3 is 2.41 bits per heavy atom. The third-order valence-electron chi connectivity index (χ3n) is 4.48. The number of sulfonamides is 1. The molecule has 2 aromatic rings. The van der Waals surface area contributed by atoms with Crippen molar-refractivity contribution < 1.29 is 22.7 Å². The summed E-state index contributed by atoms with van der Waals surface area (Å²) in [6, 6.07) is 9.88. The van der Waals surface area contributed by atoms with Crippen molar-refractivity contribution in [2.75, 3.05) is 31.3 Å². The van der Waals surface area contributed by atoms with Gasteiger partial charge in [0.1, 0.15) is 6.54 Å². The van der Waals surface area contributed by atoms with Gasteiger partial charge >= 0.3 is 0 Å². The topological polar surface area (TPSA) is 84.9 Å². The zero-order valence-corrected chi connectivity index (χ0v) is 18.6. The first-order valence-electron chi connectivity index (χ1n) is 8.82. The number of ether oxygens (including phenoxy) is 2. The highest BCUT2D eigenvalue weighted by molar-refractivity contribution is 7.92. The molecule has 7 nitrogen and oxygen atoms in total. The van der Waals surface area contributed by atoms with Gasteiger partial charge in [-0.05, 0) is 49.2 Å². The summed E-state index contributed by atoms with van der Waals surface area (Å²) in [4.78, 5) is 12.6. The van der Waals surface area contributed by atoms with Crippen molar-refractivity contribution in [3.63, 3.8) is 0 Å². The fourth-order valence-corrected chi connectivity index (χ4v) is 3.95. The van der Waals surface area contributed by atoms with Gasteiger partial charge in [-0.15, -0.1) is 0 Å². The molecule has 2 aromatic carbocycles. The second kappa shape index (κ2) is 9.37. The Hall–Kier alpha value is -2.45. The maximum absolute atomic E-state index is 12.6. The minimum Gasteiger partial charge on any atom is -0.493 e. The summed E-state index contributed by atoms with van der Waals surface area (Å²) in [6.07, 6.45) is 1.05. The second-order valence-corrected chi connectivity index (χ2v) is 8.87. The zero-order valence-electron chi connectivity index (χ0n) is 17.0. The monoisotopic (exact) mass is 440 g/mol. The van der Waals surface area contributed by atoms with Crippen LogP contribution in [0.15, 0.2) is 36.4 Å². The fraction of sp³-hybridized carbons (Fsp3) is 0.350. The highest BCUT2D eigenvalue weighted by Crippen LogP contribution is 2.30. The van der Waals surface area contributed by atoms with Gasteiger partial charge in [0.25, 0.3) is 0 Å². The Bertz CT molecular complexity index is 994. The predicted molar refractivity (Wildman–Crippen MR) is 114 cm³/mol. The first-order chi connectivity index (χ1) is 13.6. The number of methoxy groups -OCH3 is 2. The standard InChI is InChI=1S/C20H25ClN2O5S/c1-13-16(21)7-6-8-17(13)23(29(5,25)26)12-20(24)22-14(2)15-9-10-18(27-3)19(11-15)28-4/h6-11,14H,12H2,1-5H3,(H,22,24). The lowest BCUT2D eigenvalue weighted by Crippen LogP contribution is -2.41. The number of nitrogens with zero attached hydrogens (tertiary/aromatic N) is 1. The van der Waals surface area contributed by atoms with Gasteiger partial charge in [-0.25, -0.2) is 8.42 Å². The number of halogens is 1. The number of anilines is 1. The summed E-state index contributed by atoms with van der Waals surface area (Å²) in [7, 11) is -0.623. The normalized spacial score (nSPS) is 12.2. The van der Waals surface area contributed by atoms with E-state index in [1.165, 1.54) is 7.11 Å².